The molecule has 0 saturated carbocycles. The van der Waals surface area contributed by atoms with E-state index in [4.69, 9.17) is 9.47 Å². The second kappa shape index (κ2) is 8.53. The van der Waals surface area contributed by atoms with Gasteiger partial charge in [-0.15, -0.1) is 0 Å². The monoisotopic (exact) mass is 427 g/mol. The molecule has 1 heterocycles. The minimum atomic E-state index is -0.615. The van der Waals surface area contributed by atoms with E-state index in [9.17, 15) is 14.4 Å². The lowest BCUT2D eigenvalue weighted by atomic mass is 10.2. The van der Waals surface area contributed by atoms with Crippen molar-refractivity contribution in [1.82, 2.24) is 4.90 Å². The first-order valence-corrected chi connectivity index (χ1v) is 9.30. The second-order valence-corrected chi connectivity index (χ2v) is 7.33. The molecule has 6 nitrogen and oxygen atoms in total. The predicted octanol–water partition coefficient (Wildman–Crippen LogP) is 3.84. The van der Waals surface area contributed by atoms with Crippen LogP contribution >= 0.6 is 27.7 Å². The number of imide groups is 1. The van der Waals surface area contributed by atoms with Gasteiger partial charge in [-0.25, -0.2) is 0 Å². The lowest BCUT2D eigenvalue weighted by Crippen LogP contribution is -2.35. The van der Waals surface area contributed by atoms with Crippen LogP contribution in [0.3, 0.4) is 0 Å². The lowest BCUT2D eigenvalue weighted by Gasteiger charge is -2.13. The summed E-state index contributed by atoms with van der Waals surface area (Å²) >= 11 is 4.17. The van der Waals surface area contributed by atoms with Crippen LogP contribution in [-0.4, -0.2) is 41.3 Å². The van der Waals surface area contributed by atoms with Crippen LogP contribution in [0.15, 0.2) is 27.6 Å². The maximum atomic E-state index is 12.5. The molecule has 134 valence electrons. The SMILES string of the molecule is CCOc1ccc(Br)cc1/C=C1\SC(=O)N(CC(=O)OC(C)C)C1=O. The molecule has 2 amide bonds. The molecule has 0 unspecified atom stereocenters. The van der Waals surface area contributed by atoms with Crippen LogP contribution in [0, 0.1) is 0 Å². The Hall–Kier alpha value is -1.80. The molecule has 0 bridgehead atoms. The van der Waals surface area contributed by atoms with Gasteiger partial charge in [0.05, 0.1) is 17.6 Å². The average Bonchev–Trinajstić information content (AvgIpc) is 2.77. The zero-order valence-electron chi connectivity index (χ0n) is 14.1. The number of nitrogens with zero attached hydrogens (tertiary/aromatic N) is 1. The third-order valence-corrected chi connectivity index (χ3v) is 4.49. The molecule has 0 aromatic heterocycles. The fraction of sp³-hybridized carbons (Fsp3) is 0.353. The summed E-state index contributed by atoms with van der Waals surface area (Å²) in [7, 11) is 0. The molecule has 0 radical (unpaired) electrons. The number of carbonyl (C=O) groups excluding carboxylic acids is 3. The van der Waals surface area contributed by atoms with Crippen molar-refractivity contribution in [2.24, 2.45) is 0 Å². The number of carbonyl (C=O) groups is 3. The number of thioether (sulfide) groups is 1. The molecule has 1 saturated heterocycles. The van der Waals surface area contributed by atoms with Gasteiger partial charge in [-0.1, -0.05) is 15.9 Å². The van der Waals surface area contributed by atoms with Gasteiger partial charge in [-0.2, -0.15) is 0 Å². The summed E-state index contributed by atoms with van der Waals surface area (Å²) in [6, 6.07) is 5.41. The van der Waals surface area contributed by atoms with Gasteiger partial charge in [0.2, 0.25) is 0 Å². The van der Waals surface area contributed by atoms with E-state index in [-0.39, 0.29) is 11.0 Å². The Morgan fingerprint density at radius 3 is 2.72 bits per heavy atom. The molecule has 8 heteroatoms. The van der Waals surface area contributed by atoms with Crippen LogP contribution in [0.4, 0.5) is 4.79 Å². The van der Waals surface area contributed by atoms with Gasteiger partial charge in [-0.05, 0) is 56.8 Å². The molecule has 1 aromatic carbocycles. The Morgan fingerprint density at radius 1 is 1.36 bits per heavy atom. The summed E-state index contributed by atoms with van der Waals surface area (Å²) in [6.07, 6.45) is 1.28. The fourth-order valence-electron chi connectivity index (χ4n) is 2.13. The zero-order chi connectivity index (χ0) is 18.6. The number of esters is 1. The summed E-state index contributed by atoms with van der Waals surface area (Å²) in [6.45, 7) is 5.35. The van der Waals surface area contributed by atoms with E-state index in [2.05, 4.69) is 15.9 Å². The van der Waals surface area contributed by atoms with Crippen molar-refractivity contribution in [1.29, 1.82) is 0 Å². The number of hydrogen-bond donors (Lipinski definition) is 0. The summed E-state index contributed by atoms with van der Waals surface area (Å²) in [5, 5.41) is -0.495. The third-order valence-electron chi connectivity index (χ3n) is 3.09. The minimum Gasteiger partial charge on any atom is -0.493 e. The molecule has 25 heavy (non-hydrogen) atoms. The van der Waals surface area contributed by atoms with Gasteiger partial charge < -0.3 is 9.47 Å². The molecule has 0 atom stereocenters. The fourth-order valence-corrected chi connectivity index (χ4v) is 3.33. The first-order chi connectivity index (χ1) is 11.8. The number of amides is 2. The second-order valence-electron chi connectivity index (χ2n) is 5.42. The van der Waals surface area contributed by atoms with Gasteiger partial charge in [0.15, 0.2) is 0 Å². The van der Waals surface area contributed by atoms with E-state index in [1.165, 1.54) is 0 Å². The molecular formula is C17H18BrNO5S. The Morgan fingerprint density at radius 2 is 2.08 bits per heavy atom. The summed E-state index contributed by atoms with van der Waals surface area (Å²) in [5.74, 6) is -0.522. The predicted molar refractivity (Wildman–Crippen MR) is 99.2 cm³/mol. The highest BCUT2D eigenvalue weighted by molar-refractivity contribution is 9.10. The highest BCUT2D eigenvalue weighted by atomic mass is 79.9. The molecule has 1 aliphatic heterocycles. The standard InChI is InChI=1S/C17H18BrNO5S/c1-4-23-13-6-5-12(18)7-11(13)8-14-16(21)19(17(22)25-14)9-15(20)24-10(2)3/h5-8,10H,4,9H2,1-3H3/b14-8-. The van der Waals surface area contributed by atoms with Crippen LogP contribution < -0.4 is 4.74 Å². The topological polar surface area (TPSA) is 72.9 Å². The van der Waals surface area contributed by atoms with Crippen LogP contribution in [0.1, 0.15) is 26.3 Å². The van der Waals surface area contributed by atoms with Crippen LogP contribution in [0.25, 0.3) is 6.08 Å². The maximum Gasteiger partial charge on any atom is 0.326 e. The molecule has 1 aliphatic rings. The number of rotatable bonds is 6. The minimum absolute atomic E-state index is 0.237. The van der Waals surface area contributed by atoms with E-state index < -0.39 is 23.7 Å². The van der Waals surface area contributed by atoms with E-state index in [0.29, 0.717) is 17.9 Å². The molecule has 2 rings (SSSR count). The highest BCUT2D eigenvalue weighted by Crippen LogP contribution is 2.34. The third kappa shape index (κ3) is 5.09. The van der Waals surface area contributed by atoms with E-state index in [1.807, 2.05) is 13.0 Å². The van der Waals surface area contributed by atoms with Crippen molar-refractivity contribution in [2.45, 2.75) is 26.9 Å². The lowest BCUT2D eigenvalue weighted by molar-refractivity contribution is -0.149. The van der Waals surface area contributed by atoms with Gasteiger partial charge in [0.1, 0.15) is 12.3 Å². The van der Waals surface area contributed by atoms with Gasteiger partial charge in [-0.3, -0.25) is 19.3 Å². The molecule has 1 fully saturated rings. The van der Waals surface area contributed by atoms with Gasteiger partial charge in [0.25, 0.3) is 11.1 Å². The molecule has 0 spiro atoms. The van der Waals surface area contributed by atoms with Crippen molar-refractivity contribution in [3.8, 4) is 5.75 Å². The summed E-state index contributed by atoms with van der Waals surface area (Å²) in [5.41, 5.74) is 0.673. The van der Waals surface area contributed by atoms with Crippen molar-refractivity contribution in [3.05, 3.63) is 33.1 Å². The smallest absolute Gasteiger partial charge is 0.326 e. The largest absolute Gasteiger partial charge is 0.493 e. The van der Waals surface area contributed by atoms with Crippen molar-refractivity contribution in [2.75, 3.05) is 13.2 Å². The van der Waals surface area contributed by atoms with Crippen molar-refractivity contribution in [3.63, 3.8) is 0 Å². The molecule has 0 N–H and O–H groups in total. The molecular weight excluding hydrogens is 410 g/mol. The number of halogens is 1. The molecule has 0 aliphatic carbocycles. The Balaban J connectivity index is 2.23. The summed E-state index contributed by atoms with van der Waals surface area (Å²) in [4.78, 5) is 37.4. The molecule has 1 aromatic rings. The number of benzene rings is 1. The first-order valence-electron chi connectivity index (χ1n) is 7.69. The highest BCUT2D eigenvalue weighted by Gasteiger charge is 2.37. The van der Waals surface area contributed by atoms with Crippen LogP contribution in [-0.2, 0) is 14.3 Å². The van der Waals surface area contributed by atoms with E-state index in [0.717, 1.165) is 21.1 Å². The van der Waals surface area contributed by atoms with Crippen LogP contribution in [0.5, 0.6) is 5.75 Å². The summed E-state index contributed by atoms with van der Waals surface area (Å²) < 4.78 is 11.4. The van der Waals surface area contributed by atoms with Gasteiger partial charge in [0, 0.05) is 10.0 Å². The van der Waals surface area contributed by atoms with E-state index >= 15 is 0 Å². The van der Waals surface area contributed by atoms with Crippen molar-refractivity contribution >= 4 is 50.9 Å². The Kier molecular flexibility index (Phi) is 6.66. The maximum absolute atomic E-state index is 12.5. The van der Waals surface area contributed by atoms with E-state index in [1.54, 1.807) is 32.1 Å². The number of hydrogen-bond acceptors (Lipinski definition) is 6. The van der Waals surface area contributed by atoms with Crippen molar-refractivity contribution < 1.29 is 23.9 Å². The number of ether oxygens (including phenoxy) is 2. The zero-order valence-corrected chi connectivity index (χ0v) is 16.5. The Labute approximate surface area is 158 Å². The van der Waals surface area contributed by atoms with Crippen LogP contribution in [0.2, 0.25) is 0 Å². The van der Waals surface area contributed by atoms with Gasteiger partial charge >= 0.3 is 5.97 Å². The normalized spacial score (nSPS) is 16.0. The first kappa shape index (κ1) is 19.5. The average molecular weight is 428 g/mol. The Bertz CT molecular complexity index is 732. The quantitative estimate of drug-likeness (QED) is 0.507.